The van der Waals surface area contributed by atoms with Crippen LogP contribution in [0.3, 0.4) is 0 Å². The highest BCUT2D eigenvalue weighted by Crippen LogP contribution is 2.18. The standard InChI is InChI=1S/C8H9ClFN.ClH/c1-5(11)6-2-3-8(10)7(9)4-6;/h2-5H,11H2,1H3;1H. The summed E-state index contributed by atoms with van der Waals surface area (Å²) in [4.78, 5) is 0. The molecule has 0 spiro atoms. The molecule has 0 radical (unpaired) electrons. The van der Waals surface area contributed by atoms with Gasteiger partial charge in [-0.05, 0) is 24.6 Å². The van der Waals surface area contributed by atoms with Crippen molar-refractivity contribution in [2.75, 3.05) is 0 Å². The summed E-state index contributed by atoms with van der Waals surface area (Å²) in [5, 5.41) is 0.125. The molecule has 0 bridgehead atoms. The van der Waals surface area contributed by atoms with Crippen LogP contribution in [0.25, 0.3) is 0 Å². The summed E-state index contributed by atoms with van der Waals surface area (Å²) in [7, 11) is 0. The van der Waals surface area contributed by atoms with Crippen LogP contribution >= 0.6 is 24.0 Å². The molecule has 0 aliphatic carbocycles. The summed E-state index contributed by atoms with van der Waals surface area (Å²) >= 11 is 5.53. The van der Waals surface area contributed by atoms with Crippen LogP contribution in [0, 0.1) is 5.82 Å². The maximum absolute atomic E-state index is 12.6. The van der Waals surface area contributed by atoms with Crippen LogP contribution in [0.5, 0.6) is 0 Å². The molecule has 0 saturated heterocycles. The third kappa shape index (κ3) is 2.63. The fourth-order valence-corrected chi connectivity index (χ4v) is 0.985. The van der Waals surface area contributed by atoms with Gasteiger partial charge in [0.1, 0.15) is 5.82 Å². The minimum atomic E-state index is -0.406. The van der Waals surface area contributed by atoms with Crippen LogP contribution in [0.1, 0.15) is 18.5 Å². The van der Waals surface area contributed by atoms with Gasteiger partial charge in [-0.15, -0.1) is 12.4 Å². The van der Waals surface area contributed by atoms with Gasteiger partial charge in [-0.3, -0.25) is 0 Å². The van der Waals surface area contributed by atoms with Crippen LogP contribution in [-0.2, 0) is 0 Å². The first-order valence-electron chi connectivity index (χ1n) is 3.32. The van der Waals surface area contributed by atoms with Crippen molar-refractivity contribution in [3.8, 4) is 0 Å². The van der Waals surface area contributed by atoms with Crippen molar-refractivity contribution in [3.63, 3.8) is 0 Å². The fraction of sp³-hybridized carbons (Fsp3) is 0.250. The normalized spacial score (nSPS) is 12.0. The SMILES string of the molecule is CC(N)c1ccc(F)c(Cl)c1.Cl. The first-order chi connectivity index (χ1) is 5.11. The zero-order valence-corrected chi connectivity index (χ0v) is 8.12. The Balaban J connectivity index is 0.00000121. The molecule has 0 heterocycles. The number of rotatable bonds is 1. The lowest BCUT2D eigenvalue weighted by Crippen LogP contribution is -2.04. The van der Waals surface area contributed by atoms with Crippen molar-refractivity contribution in [2.45, 2.75) is 13.0 Å². The third-order valence-corrected chi connectivity index (χ3v) is 1.76. The lowest BCUT2D eigenvalue weighted by Gasteiger charge is -2.05. The van der Waals surface area contributed by atoms with E-state index < -0.39 is 5.82 Å². The Hall–Kier alpha value is -0.310. The van der Waals surface area contributed by atoms with E-state index in [1.807, 2.05) is 6.92 Å². The number of hydrogen-bond acceptors (Lipinski definition) is 1. The Labute approximate surface area is 82.1 Å². The molecule has 2 N–H and O–H groups in total. The van der Waals surface area contributed by atoms with E-state index in [0.717, 1.165) is 5.56 Å². The van der Waals surface area contributed by atoms with Crippen molar-refractivity contribution in [3.05, 3.63) is 34.6 Å². The summed E-state index contributed by atoms with van der Waals surface area (Å²) < 4.78 is 12.6. The number of benzene rings is 1. The lowest BCUT2D eigenvalue weighted by molar-refractivity contribution is 0.626. The Bertz CT molecular complexity index is 263. The van der Waals surface area contributed by atoms with E-state index >= 15 is 0 Å². The largest absolute Gasteiger partial charge is 0.324 e. The predicted octanol–water partition coefficient (Wildman–Crippen LogP) is 2.92. The average Bonchev–Trinajstić information content (AvgIpc) is 1.94. The van der Waals surface area contributed by atoms with Crippen molar-refractivity contribution in [1.29, 1.82) is 0 Å². The monoisotopic (exact) mass is 209 g/mol. The van der Waals surface area contributed by atoms with Gasteiger partial charge in [0.05, 0.1) is 5.02 Å². The second kappa shape index (κ2) is 4.65. The molecule has 0 saturated carbocycles. The van der Waals surface area contributed by atoms with Gasteiger partial charge in [0.15, 0.2) is 0 Å². The molecule has 1 unspecified atom stereocenters. The molecule has 4 heteroatoms. The van der Waals surface area contributed by atoms with Gasteiger partial charge in [-0.25, -0.2) is 4.39 Å². The first kappa shape index (κ1) is 11.7. The molecule has 0 fully saturated rings. The van der Waals surface area contributed by atoms with Crippen LogP contribution in [0.2, 0.25) is 5.02 Å². The molecule has 12 heavy (non-hydrogen) atoms. The summed E-state index contributed by atoms with van der Waals surface area (Å²) in [5.74, 6) is -0.406. The van der Waals surface area contributed by atoms with Crippen LogP contribution in [0.15, 0.2) is 18.2 Å². The summed E-state index contributed by atoms with van der Waals surface area (Å²) in [6.45, 7) is 1.82. The molecule has 0 aliphatic rings. The van der Waals surface area contributed by atoms with Gasteiger partial charge in [0, 0.05) is 6.04 Å². The second-order valence-corrected chi connectivity index (χ2v) is 2.87. The van der Waals surface area contributed by atoms with E-state index in [2.05, 4.69) is 0 Å². The number of hydrogen-bond donors (Lipinski definition) is 1. The Morgan fingerprint density at radius 2 is 2.08 bits per heavy atom. The molecule has 1 nitrogen and oxygen atoms in total. The van der Waals surface area contributed by atoms with Crippen molar-refractivity contribution in [2.24, 2.45) is 5.73 Å². The zero-order valence-electron chi connectivity index (χ0n) is 6.55. The van der Waals surface area contributed by atoms with E-state index in [-0.39, 0.29) is 23.5 Å². The van der Waals surface area contributed by atoms with Gasteiger partial charge in [-0.2, -0.15) is 0 Å². The minimum absolute atomic E-state index is 0. The summed E-state index contributed by atoms with van der Waals surface area (Å²) in [5.41, 5.74) is 6.40. The Morgan fingerprint density at radius 3 is 2.50 bits per heavy atom. The number of nitrogens with two attached hydrogens (primary N) is 1. The number of halogens is 3. The molecule has 0 aliphatic heterocycles. The zero-order chi connectivity index (χ0) is 8.43. The molecule has 1 rings (SSSR count). The highest BCUT2D eigenvalue weighted by atomic mass is 35.5. The van der Waals surface area contributed by atoms with Gasteiger partial charge in [0.2, 0.25) is 0 Å². The second-order valence-electron chi connectivity index (χ2n) is 2.46. The maximum atomic E-state index is 12.6. The van der Waals surface area contributed by atoms with E-state index in [0.29, 0.717) is 0 Å². The molecule has 68 valence electrons. The summed E-state index contributed by atoms with van der Waals surface area (Å²) in [6.07, 6.45) is 0. The van der Waals surface area contributed by atoms with Crippen LogP contribution < -0.4 is 5.73 Å². The average molecular weight is 210 g/mol. The predicted molar refractivity (Wildman–Crippen MR) is 51.3 cm³/mol. The van der Waals surface area contributed by atoms with Gasteiger partial charge in [-0.1, -0.05) is 17.7 Å². The van der Waals surface area contributed by atoms with Crippen LogP contribution in [0.4, 0.5) is 4.39 Å². The highest BCUT2D eigenvalue weighted by Gasteiger charge is 2.03. The van der Waals surface area contributed by atoms with Gasteiger partial charge < -0.3 is 5.73 Å². The van der Waals surface area contributed by atoms with Crippen molar-refractivity contribution in [1.82, 2.24) is 0 Å². The smallest absolute Gasteiger partial charge is 0.141 e. The molecule has 1 atom stereocenters. The topological polar surface area (TPSA) is 26.0 Å². The highest BCUT2D eigenvalue weighted by molar-refractivity contribution is 6.30. The minimum Gasteiger partial charge on any atom is -0.324 e. The molecule has 1 aromatic carbocycles. The van der Waals surface area contributed by atoms with Crippen LogP contribution in [-0.4, -0.2) is 0 Å². The maximum Gasteiger partial charge on any atom is 0.141 e. The molecule has 1 aromatic rings. The van der Waals surface area contributed by atoms with E-state index in [9.17, 15) is 4.39 Å². The van der Waals surface area contributed by atoms with Gasteiger partial charge in [0.25, 0.3) is 0 Å². The molecular formula is C8H10Cl2FN. The summed E-state index contributed by atoms with van der Waals surface area (Å²) in [6, 6.07) is 4.39. The van der Waals surface area contributed by atoms with Crippen molar-refractivity contribution < 1.29 is 4.39 Å². The van der Waals surface area contributed by atoms with E-state index in [4.69, 9.17) is 17.3 Å². The van der Waals surface area contributed by atoms with E-state index in [1.54, 1.807) is 12.1 Å². The first-order valence-corrected chi connectivity index (χ1v) is 3.69. The Kier molecular flexibility index (Phi) is 4.53. The molecule has 0 aromatic heterocycles. The Morgan fingerprint density at radius 1 is 1.50 bits per heavy atom. The lowest BCUT2D eigenvalue weighted by atomic mass is 10.1. The van der Waals surface area contributed by atoms with Crippen molar-refractivity contribution >= 4 is 24.0 Å². The fourth-order valence-electron chi connectivity index (χ4n) is 0.796. The van der Waals surface area contributed by atoms with Gasteiger partial charge >= 0.3 is 0 Å². The van der Waals surface area contributed by atoms with E-state index in [1.165, 1.54) is 6.07 Å². The quantitative estimate of drug-likeness (QED) is 0.757. The third-order valence-electron chi connectivity index (χ3n) is 1.47. The molecular weight excluding hydrogens is 200 g/mol. The molecule has 0 amide bonds.